The Labute approximate surface area is 205 Å². The number of hydrogen-bond donors (Lipinski definition) is 2. The molecule has 0 aliphatic rings. The molecule has 0 aliphatic carbocycles. The van der Waals surface area contributed by atoms with Gasteiger partial charge in [0.25, 0.3) is 0 Å². The van der Waals surface area contributed by atoms with Crippen molar-refractivity contribution in [2.45, 2.75) is 4.34 Å². The second kappa shape index (κ2) is 11.4. The van der Waals surface area contributed by atoms with E-state index in [9.17, 15) is 4.79 Å². The average Bonchev–Trinajstić information content (AvgIpc) is 3.31. The number of para-hydroxylation sites is 1. The van der Waals surface area contributed by atoms with E-state index in [0.29, 0.717) is 26.7 Å². The SMILES string of the molecule is COc1cc(NC(=O)CSc2nnc(Nc3ccc(Oc4ccccc4)cc3)s2)cc(OC)c1. The van der Waals surface area contributed by atoms with E-state index in [1.54, 1.807) is 32.4 Å². The van der Waals surface area contributed by atoms with Crippen LogP contribution in [0.5, 0.6) is 23.0 Å². The van der Waals surface area contributed by atoms with Gasteiger partial charge in [-0.05, 0) is 36.4 Å². The maximum absolute atomic E-state index is 12.4. The van der Waals surface area contributed by atoms with Gasteiger partial charge in [-0.2, -0.15) is 0 Å². The smallest absolute Gasteiger partial charge is 0.234 e. The number of anilines is 3. The lowest BCUT2D eigenvalue weighted by Gasteiger charge is -2.09. The quantitative estimate of drug-likeness (QED) is 0.266. The minimum Gasteiger partial charge on any atom is -0.497 e. The molecule has 1 amide bonds. The predicted octanol–water partition coefficient (Wildman–Crippen LogP) is 5.82. The Bertz CT molecular complexity index is 1210. The second-order valence-electron chi connectivity index (χ2n) is 6.88. The van der Waals surface area contributed by atoms with Crippen molar-refractivity contribution in [2.75, 3.05) is 30.6 Å². The summed E-state index contributed by atoms with van der Waals surface area (Å²) in [4.78, 5) is 12.4. The van der Waals surface area contributed by atoms with Crippen molar-refractivity contribution in [2.24, 2.45) is 0 Å². The van der Waals surface area contributed by atoms with Gasteiger partial charge in [-0.15, -0.1) is 10.2 Å². The van der Waals surface area contributed by atoms with Gasteiger partial charge in [0.15, 0.2) is 4.34 Å². The number of aromatic nitrogens is 2. The standard InChI is InChI=1S/C24H22N4O4S2/c1-30-20-12-17(13-21(14-20)31-2)25-22(29)15-33-24-28-27-23(34-24)26-16-8-10-19(11-9-16)32-18-6-4-3-5-7-18/h3-14H,15H2,1-2H3,(H,25,29)(H,26,27). The van der Waals surface area contributed by atoms with Crippen molar-refractivity contribution in [3.63, 3.8) is 0 Å². The van der Waals surface area contributed by atoms with Gasteiger partial charge >= 0.3 is 0 Å². The van der Waals surface area contributed by atoms with Crippen LogP contribution < -0.4 is 24.8 Å². The third-order valence-corrected chi connectivity index (χ3v) is 6.42. The van der Waals surface area contributed by atoms with Gasteiger partial charge in [0.1, 0.15) is 23.0 Å². The summed E-state index contributed by atoms with van der Waals surface area (Å²) in [5.41, 5.74) is 1.46. The fourth-order valence-electron chi connectivity index (χ4n) is 2.88. The van der Waals surface area contributed by atoms with Gasteiger partial charge in [0.2, 0.25) is 11.0 Å². The van der Waals surface area contributed by atoms with Crippen molar-refractivity contribution in [1.29, 1.82) is 0 Å². The van der Waals surface area contributed by atoms with E-state index in [2.05, 4.69) is 20.8 Å². The van der Waals surface area contributed by atoms with Crippen LogP contribution in [0.15, 0.2) is 77.1 Å². The molecular formula is C24H22N4O4S2. The predicted molar refractivity (Wildman–Crippen MR) is 135 cm³/mol. The van der Waals surface area contributed by atoms with E-state index in [1.807, 2.05) is 54.6 Å². The molecule has 0 bridgehead atoms. The zero-order valence-corrected chi connectivity index (χ0v) is 20.1. The van der Waals surface area contributed by atoms with Crippen molar-refractivity contribution in [3.8, 4) is 23.0 Å². The van der Waals surface area contributed by atoms with E-state index in [4.69, 9.17) is 14.2 Å². The van der Waals surface area contributed by atoms with Crippen LogP contribution >= 0.6 is 23.1 Å². The number of thioether (sulfide) groups is 1. The first-order chi connectivity index (χ1) is 16.6. The molecule has 10 heteroatoms. The summed E-state index contributed by atoms with van der Waals surface area (Å²) < 4.78 is 16.9. The fourth-order valence-corrected chi connectivity index (χ4v) is 4.45. The zero-order valence-electron chi connectivity index (χ0n) is 18.5. The summed E-state index contributed by atoms with van der Waals surface area (Å²) in [5, 5.41) is 15.0. The molecule has 0 spiro atoms. The lowest BCUT2D eigenvalue weighted by atomic mass is 10.2. The van der Waals surface area contributed by atoms with Crippen LogP contribution in [0.4, 0.5) is 16.5 Å². The van der Waals surface area contributed by atoms with E-state index in [-0.39, 0.29) is 11.7 Å². The first-order valence-electron chi connectivity index (χ1n) is 10.2. The number of rotatable bonds is 10. The normalized spacial score (nSPS) is 10.4. The molecule has 174 valence electrons. The molecule has 4 rings (SSSR count). The molecule has 0 saturated carbocycles. The van der Waals surface area contributed by atoms with Crippen molar-refractivity contribution in [1.82, 2.24) is 10.2 Å². The highest BCUT2D eigenvalue weighted by atomic mass is 32.2. The second-order valence-corrected chi connectivity index (χ2v) is 9.08. The number of nitrogens with zero attached hydrogens (tertiary/aromatic N) is 2. The minimum atomic E-state index is -0.168. The molecule has 34 heavy (non-hydrogen) atoms. The summed E-state index contributed by atoms with van der Waals surface area (Å²) in [5.74, 6) is 2.75. The first-order valence-corrected chi connectivity index (χ1v) is 12.0. The Kier molecular flexibility index (Phi) is 7.84. The third kappa shape index (κ3) is 6.63. The Morgan fingerprint density at radius 3 is 2.21 bits per heavy atom. The molecule has 3 aromatic carbocycles. The van der Waals surface area contributed by atoms with Crippen molar-refractivity contribution in [3.05, 3.63) is 72.8 Å². The maximum atomic E-state index is 12.4. The van der Waals surface area contributed by atoms with Gasteiger partial charge < -0.3 is 24.8 Å². The Morgan fingerprint density at radius 2 is 1.53 bits per heavy atom. The van der Waals surface area contributed by atoms with Crippen LogP contribution in [-0.4, -0.2) is 36.1 Å². The maximum Gasteiger partial charge on any atom is 0.234 e. The Hall–Kier alpha value is -3.76. The topological polar surface area (TPSA) is 94.6 Å². The van der Waals surface area contributed by atoms with Crippen LogP contribution in [0, 0.1) is 0 Å². The monoisotopic (exact) mass is 494 g/mol. The van der Waals surface area contributed by atoms with Crippen LogP contribution in [-0.2, 0) is 4.79 Å². The highest BCUT2D eigenvalue weighted by molar-refractivity contribution is 8.01. The number of carbonyl (C=O) groups excluding carboxylic acids is 1. The number of ether oxygens (including phenoxy) is 3. The largest absolute Gasteiger partial charge is 0.497 e. The number of carbonyl (C=O) groups is 1. The number of hydrogen-bond acceptors (Lipinski definition) is 9. The summed E-state index contributed by atoms with van der Waals surface area (Å²) in [6.07, 6.45) is 0. The highest BCUT2D eigenvalue weighted by Crippen LogP contribution is 2.30. The molecule has 8 nitrogen and oxygen atoms in total. The number of methoxy groups -OCH3 is 2. The summed E-state index contributed by atoms with van der Waals surface area (Å²) in [6.45, 7) is 0. The fraction of sp³-hybridized carbons (Fsp3) is 0.125. The van der Waals surface area contributed by atoms with E-state index in [1.165, 1.54) is 23.1 Å². The molecule has 2 N–H and O–H groups in total. The van der Waals surface area contributed by atoms with Gasteiger partial charge in [-0.3, -0.25) is 4.79 Å². The van der Waals surface area contributed by atoms with Gasteiger partial charge in [-0.1, -0.05) is 41.3 Å². The molecule has 0 unspecified atom stereocenters. The lowest BCUT2D eigenvalue weighted by Crippen LogP contribution is -2.14. The van der Waals surface area contributed by atoms with Crippen LogP contribution in [0.3, 0.4) is 0 Å². The lowest BCUT2D eigenvalue weighted by molar-refractivity contribution is -0.113. The number of nitrogens with one attached hydrogen (secondary N) is 2. The average molecular weight is 495 g/mol. The molecule has 0 aliphatic heterocycles. The van der Waals surface area contributed by atoms with Crippen LogP contribution in [0.2, 0.25) is 0 Å². The van der Waals surface area contributed by atoms with Gasteiger partial charge in [0, 0.05) is 29.6 Å². The summed E-state index contributed by atoms with van der Waals surface area (Å²) in [6, 6.07) is 22.4. The minimum absolute atomic E-state index is 0.168. The van der Waals surface area contributed by atoms with Gasteiger partial charge in [0.05, 0.1) is 20.0 Å². The van der Waals surface area contributed by atoms with Gasteiger partial charge in [-0.25, -0.2) is 0 Å². The zero-order chi connectivity index (χ0) is 23.8. The summed E-state index contributed by atoms with van der Waals surface area (Å²) in [7, 11) is 3.12. The van der Waals surface area contributed by atoms with E-state index in [0.717, 1.165) is 17.2 Å². The summed E-state index contributed by atoms with van der Waals surface area (Å²) >= 11 is 2.69. The Morgan fingerprint density at radius 1 is 0.853 bits per heavy atom. The molecule has 0 atom stereocenters. The van der Waals surface area contributed by atoms with Crippen molar-refractivity contribution < 1.29 is 19.0 Å². The van der Waals surface area contributed by atoms with Crippen molar-refractivity contribution >= 4 is 45.5 Å². The Balaban J connectivity index is 1.28. The molecule has 4 aromatic rings. The van der Waals surface area contributed by atoms with Crippen LogP contribution in [0.25, 0.3) is 0 Å². The third-order valence-electron chi connectivity index (χ3n) is 4.45. The molecule has 1 aromatic heterocycles. The molecule has 0 fully saturated rings. The first kappa shape index (κ1) is 23.4. The number of amides is 1. The molecule has 1 heterocycles. The van der Waals surface area contributed by atoms with E-state index < -0.39 is 0 Å². The number of benzene rings is 3. The molecule has 0 radical (unpaired) electrons. The molecular weight excluding hydrogens is 472 g/mol. The van der Waals surface area contributed by atoms with E-state index >= 15 is 0 Å². The van der Waals surface area contributed by atoms with Crippen LogP contribution in [0.1, 0.15) is 0 Å². The molecule has 0 saturated heterocycles. The highest BCUT2D eigenvalue weighted by Gasteiger charge is 2.10.